The summed E-state index contributed by atoms with van der Waals surface area (Å²) in [6.07, 6.45) is 2.26. The Morgan fingerprint density at radius 3 is 2.33 bits per heavy atom. The van der Waals surface area contributed by atoms with Crippen molar-refractivity contribution >= 4 is 11.6 Å². The molecule has 0 saturated carbocycles. The number of hydrogen-bond donors (Lipinski definition) is 1. The van der Waals surface area contributed by atoms with Gasteiger partial charge in [0, 0.05) is 19.1 Å². The molecule has 0 fully saturated rings. The van der Waals surface area contributed by atoms with Crippen LogP contribution in [0.1, 0.15) is 46.1 Å². The van der Waals surface area contributed by atoms with Gasteiger partial charge in [-0.3, -0.25) is 4.90 Å². The minimum Gasteiger partial charge on any atom is -0.503 e. The van der Waals surface area contributed by atoms with E-state index >= 15 is 0 Å². The maximum absolute atomic E-state index is 9.83. The number of aromatic hydroxyl groups is 1. The van der Waals surface area contributed by atoms with Gasteiger partial charge >= 0.3 is 0 Å². The molecule has 1 N–H and O–H groups in total. The summed E-state index contributed by atoms with van der Waals surface area (Å²) in [5.41, 5.74) is 1.07. The van der Waals surface area contributed by atoms with Crippen LogP contribution in [-0.2, 0) is 6.54 Å². The highest BCUT2D eigenvalue weighted by Gasteiger charge is 2.18. The SMILES string of the molecule is CCC(CC)N(Cc1cc(Cl)c(O)c(OC)c1)CC(C)C. The molecule has 1 aromatic carbocycles. The van der Waals surface area contributed by atoms with Crippen LogP contribution in [0.15, 0.2) is 12.1 Å². The van der Waals surface area contributed by atoms with E-state index in [4.69, 9.17) is 16.3 Å². The van der Waals surface area contributed by atoms with E-state index in [1.807, 2.05) is 12.1 Å². The normalized spacial score (nSPS) is 11.7. The van der Waals surface area contributed by atoms with Crippen LogP contribution in [-0.4, -0.2) is 29.7 Å². The van der Waals surface area contributed by atoms with E-state index in [2.05, 4.69) is 32.6 Å². The summed E-state index contributed by atoms with van der Waals surface area (Å²) in [4.78, 5) is 2.49. The van der Waals surface area contributed by atoms with Gasteiger partial charge in [-0.05, 0) is 36.5 Å². The minimum atomic E-state index is 0.0147. The number of phenolic OH excluding ortho intramolecular Hbond substituents is 1. The van der Waals surface area contributed by atoms with Crippen molar-refractivity contribution in [1.29, 1.82) is 0 Å². The Morgan fingerprint density at radius 2 is 1.86 bits per heavy atom. The molecule has 0 aliphatic rings. The Kier molecular flexibility index (Phi) is 7.33. The van der Waals surface area contributed by atoms with Crippen LogP contribution >= 0.6 is 11.6 Å². The van der Waals surface area contributed by atoms with Gasteiger partial charge in [0.05, 0.1) is 12.1 Å². The average Bonchev–Trinajstić information content (AvgIpc) is 2.43. The molecular formula is C17H28ClNO2. The molecule has 0 bridgehead atoms. The molecule has 0 unspecified atom stereocenters. The lowest BCUT2D eigenvalue weighted by Gasteiger charge is -2.32. The van der Waals surface area contributed by atoms with Gasteiger partial charge < -0.3 is 9.84 Å². The van der Waals surface area contributed by atoms with Crippen molar-refractivity contribution in [2.75, 3.05) is 13.7 Å². The van der Waals surface area contributed by atoms with Gasteiger partial charge in [-0.2, -0.15) is 0 Å². The molecule has 120 valence electrons. The van der Waals surface area contributed by atoms with Crippen molar-refractivity contribution in [2.45, 2.75) is 53.1 Å². The predicted molar refractivity (Wildman–Crippen MR) is 89.3 cm³/mol. The van der Waals surface area contributed by atoms with Crippen LogP contribution in [0.5, 0.6) is 11.5 Å². The quantitative estimate of drug-likeness (QED) is 0.755. The lowest BCUT2D eigenvalue weighted by molar-refractivity contribution is 0.157. The van der Waals surface area contributed by atoms with E-state index in [9.17, 15) is 5.11 Å². The molecule has 0 aliphatic heterocycles. The number of methoxy groups -OCH3 is 1. The highest BCUT2D eigenvalue weighted by atomic mass is 35.5. The second-order valence-electron chi connectivity index (χ2n) is 5.92. The summed E-state index contributed by atoms with van der Waals surface area (Å²) in [7, 11) is 1.54. The minimum absolute atomic E-state index is 0.0147. The highest BCUT2D eigenvalue weighted by Crippen LogP contribution is 2.35. The van der Waals surface area contributed by atoms with Crippen molar-refractivity contribution in [3.05, 3.63) is 22.7 Å². The Hall–Kier alpha value is -0.930. The average molecular weight is 314 g/mol. The topological polar surface area (TPSA) is 32.7 Å². The summed E-state index contributed by atoms with van der Waals surface area (Å²) >= 11 is 6.09. The summed E-state index contributed by atoms with van der Waals surface area (Å²) < 4.78 is 5.19. The maximum Gasteiger partial charge on any atom is 0.176 e. The van der Waals surface area contributed by atoms with Crippen molar-refractivity contribution in [1.82, 2.24) is 4.90 Å². The van der Waals surface area contributed by atoms with Crippen LogP contribution in [0.4, 0.5) is 0 Å². The first-order valence-corrected chi connectivity index (χ1v) is 8.10. The van der Waals surface area contributed by atoms with Crippen molar-refractivity contribution in [3.63, 3.8) is 0 Å². The first-order valence-electron chi connectivity index (χ1n) is 7.72. The zero-order valence-electron chi connectivity index (χ0n) is 13.8. The van der Waals surface area contributed by atoms with E-state index in [1.165, 1.54) is 0 Å². The van der Waals surface area contributed by atoms with Crippen LogP contribution in [0.25, 0.3) is 0 Å². The molecule has 0 atom stereocenters. The van der Waals surface area contributed by atoms with Gasteiger partial charge in [-0.15, -0.1) is 0 Å². The second kappa shape index (κ2) is 8.50. The monoisotopic (exact) mass is 313 g/mol. The van der Waals surface area contributed by atoms with Gasteiger partial charge in [0.1, 0.15) is 0 Å². The molecule has 3 nitrogen and oxygen atoms in total. The van der Waals surface area contributed by atoms with E-state index in [0.717, 1.165) is 31.5 Å². The van der Waals surface area contributed by atoms with Crippen LogP contribution in [0.2, 0.25) is 5.02 Å². The predicted octanol–water partition coefficient (Wildman–Crippen LogP) is 4.70. The smallest absolute Gasteiger partial charge is 0.176 e. The number of benzene rings is 1. The first-order chi connectivity index (χ1) is 9.92. The third kappa shape index (κ3) is 5.08. The number of hydrogen-bond acceptors (Lipinski definition) is 3. The zero-order valence-corrected chi connectivity index (χ0v) is 14.6. The van der Waals surface area contributed by atoms with Crippen LogP contribution in [0, 0.1) is 5.92 Å². The molecule has 0 aromatic heterocycles. The number of ether oxygens (including phenoxy) is 1. The molecule has 0 radical (unpaired) electrons. The maximum atomic E-state index is 9.83. The van der Waals surface area contributed by atoms with Gasteiger partial charge in [-0.1, -0.05) is 39.3 Å². The zero-order chi connectivity index (χ0) is 16.0. The van der Waals surface area contributed by atoms with Crippen LogP contribution in [0.3, 0.4) is 0 Å². The largest absolute Gasteiger partial charge is 0.503 e. The second-order valence-corrected chi connectivity index (χ2v) is 6.33. The lowest BCUT2D eigenvalue weighted by Crippen LogP contribution is -2.36. The first kappa shape index (κ1) is 18.1. The van der Waals surface area contributed by atoms with Gasteiger partial charge in [0.15, 0.2) is 11.5 Å². The molecule has 0 saturated heterocycles. The van der Waals surface area contributed by atoms with Crippen molar-refractivity contribution in [2.24, 2.45) is 5.92 Å². The molecule has 0 spiro atoms. The molecule has 0 aliphatic carbocycles. The van der Waals surface area contributed by atoms with Gasteiger partial charge in [0.2, 0.25) is 0 Å². The molecule has 0 heterocycles. The third-order valence-electron chi connectivity index (χ3n) is 3.75. The standard InChI is InChI=1S/C17H28ClNO2/c1-6-14(7-2)19(10-12(3)4)11-13-8-15(18)17(20)16(9-13)21-5/h8-9,12,14,20H,6-7,10-11H2,1-5H3. The Labute approximate surface area is 133 Å². The molecule has 1 aromatic rings. The summed E-state index contributed by atoms with van der Waals surface area (Å²) in [6.45, 7) is 10.8. The Balaban J connectivity index is 2.99. The molecule has 21 heavy (non-hydrogen) atoms. The van der Waals surface area contributed by atoms with Crippen LogP contribution < -0.4 is 4.74 Å². The number of nitrogens with zero attached hydrogens (tertiary/aromatic N) is 1. The number of phenols is 1. The van der Waals surface area contributed by atoms with E-state index in [1.54, 1.807) is 7.11 Å². The van der Waals surface area contributed by atoms with E-state index in [-0.39, 0.29) is 5.75 Å². The highest BCUT2D eigenvalue weighted by molar-refractivity contribution is 6.32. The van der Waals surface area contributed by atoms with E-state index in [0.29, 0.717) is 22.7 Å². The van der Waals surface area contributed by atoms with Crippen molar-refractivity contribution < 1.29 is 9.84 Å². The number of rotatable bonds is 8. The summed E-state index contributed by atoms with van der Waals surface area (Å²) in [5.74, 6) is 1.06. The fraction of sp³-hybridized carbons (Fsp3) is 0.647. The van der Waals surface area contributed by atoms with Gasteiger partial charge in [-0.25, -0.2) is 0 Å². The summed E-state index contributed by atoms with van der Waals surface area (Å²) in [5, 5.41) is 10.2. The Bertz CT molecular complexity index is 445. The molecule has 1 rings (SSSR count). The van der Waals surface area contributed by atoms with E-state index < -0.39 is 0 Å². The third-order valence-corrected chi connectivity index (χ3v) is 4.04. The fourth-order valence-electron chi connectivity index (χ4n) is 2.73. The molecule has 4 heteroatoms. The summed E-state index contributed by atoms with van der Waals surface area (Å²) in [6, 6.07) is 4.26. The lowest BCUT2D eigenvalue weighted by atomic mass is 10.1. The molecule has 0 amide bonds. The van der Waals surface area contributed by atoms with Crippen molar-refractivity contribution in [3.8, 4) is 11.5 Å². The Morgan fingerprint density at radius 1 is 1.24 bits per heavy atom. The fourth-order valence-corrected chi connectivity index (χ4v) is 2.96. The van der Waals surface area contributed by atoms with Gasteiger partial charge in [0.25, 0.3) is 0 Å². The number of halogens is 1. The molecular weight excluding hydrogens is 286 g/mol.